The molecule has 2 heterocycles. The Bertz CT molecular complexity index is 277. The standard InChI is InChI=1S/C8H11NO4/c1-5(10)9-4-8(7(11)12)2-6(9)3-13-8/h6H,2-4H2,1H3,(H,11,12)/t6-,8-/m0/s1. The summed E-state index contributed by atoms with van der Waals surface area (Å²) in [6.45, 7) is 2.00. The van der Waals surface area contributed by atoms with Crippen LogP contribution in [0.15, 0.2) is 0 Å². The molecule has 2 saturated heterocycles. The highest BCUT2D eigenvalue weighted by Gasteiger charge is 2.56. The Balaban J connectivity index is 2.22. The van der Waals surface area contributed by atoms with Gasteiger partial charge in [-0.25, -0.2) is 4.79 Å². The number of ether oxygens (including phenoxy) is 1. The van der Waals surface area contributed by atoms with Crippen LogP contribution >= 0.6 is 0 Å². The summed E-state index contributed by atoms with van der Waals surface area (Å²) >= 11 is 0. The summed E-state index contributed by atoms with van der Waals surface area (Å²) in [7, 11) is 0. The molecule has 0 aromatic rings. The normalized spacial score (nSPS) is 36.7. The van der Waals surface area contributed by atoms with Gasteiger partial charge in [0.1, 0.15) is 0 Å². The van der Waals surface area contributed by atoms with Crippen LogP contribution < -0.4 is 0 Å². The summed E-state index contributed by atoms with van der Waals surface area (Å²) in [6, 6.07) is -0.0337. The number of morpholine rings is 1. The third kappa shape index (κ3) is 1.03. The van der Waals surface area contributed by atoms with E-state index in [1.807, 2.05) is 0 Å². The monoisotopic (exact) mass is 185 g/mol. The molecular formula is C8H11NO4. The lowest BCUT2D eigenvalue weighted by atomic mass is 10.0. The molecule has 5 heteroatoms. The Labute approximate surface area is 75.3 Å². The second kappa shape index (κ2) is 2.45. The lowest BCUT2D eigenvalue weighted by molar-refractivity contribution is -0.164. The van der Waals surface area contributed by atoms with Gasteiger partial charge in [-0.15, -0.1) is 0 Å². The molecule has 1 N–H and O–H groups in total. The number of hydrogen-bond donors (Lipinski definition) is 1. The number of amides is 1. The van der Waals surface area contributed by atoms with E-state index in [9.17, 15) is 9.59 Å². The van der Waals surface area contributed by atoms with Crippen LogP contribution in [0.25, 0.3) is 0 Å². The molecule has 2 fully saturated rings. The summed E-state index contributed by atoms with van der Waals surface area (Å²) in [5.41, 5.74) is -1.11. The summed E-state index contributed by atoms with van der Waals surface area (Å²) in [4.78, 5) is 23.5. The molecule has 2 bridgehead atoms. The van der Waals surface area contributed by atoms with Crippen molar-refractivity contribution < 1.29 is 19.4 Å². The van der Waals surface area contributed by atoms with Gasteiger partial charge in [0.15, 0.2) is 5.60 Å². The Morgan fingerprint density at radius 2 is 2.31 bits per heavy atom. The van der Waals surface area contributed by atoms with Crippen LogP contribution in [0.3, 0.4) is 0 Å². The predicted molar refractivity (Wildman–Crippen MR) is 42.1 cm³/mol. The Morgan fingerprint density at radius 3 is 2.69 bits per heavy atom. The topological polar surface area (TPSA) is 66.8 Å². The van der Waals surface area contributed by atoms with Crippen molar-refractivity contribution in [1.82, 2.24) is 4.90 Å². The van der Waals surface area contributed by atoms with Gasteiger partial charge in [-0.2, -0.15) is 0 Å². The van der Waals surface area contributed by atoms with E-state index in [0.717, 1.165) is 0 Å². The van der Waals surface area contributed by atoms with E-state index in [1.165, 1.54) is 6.92 Å². The van der Waals surface area contributed by atoms with Crippen molar-refractivity contribution in [3.05, 3.63) is 0 Å². The van der Waals surface area contributed by atoms with E-state index in [2.05, 4.69) is 0 Å². The summed E-state index contributed by atoms with van der Waals surface area (Å²) in [5.74, 6) is -1.03. The van der Waals surface area contributed by atoms with Gasteiger partial charge in [0.05, 0.1) is 19.2 Å². The lowest BCUT2D eigenvalue weighted by Crippen LogP contribution is -2.48. The van der Waals surface area contributed by atoms with Crippen LogP contribution in [0.2, 0.25) is 0 Å². The lowest BCUT2D eigenvalue weighted by Gasteiger charge is -2.29. The van der Waals surface area contributed by atoms with E-state index in [1.54, 1.807) is 4.90 Å². The van der Waals surface area contributed by atoms with E-state index >= 15 is 0 Å². The fourth-order valence-corrected chi connectivity index (χ4v) is 2.05. The number of carboxylic acids is 1. The van der Waals surface area contributed by atoms with Gasteiger partial charge in [-0.05, 0) is 0 Å². The minimum Gasteiger partial charge on any atom is -0.479 e. The predicted octanol–water partition coefficient (Wildman–Crippen LogP) is -0.539. The number of carbonyl (C=O) groups excluding carboxylic acids is 1. The van der Waals surface area contributed by atoms with E-state index in [4.69, 9.17) is 9.84 Å². The first-order valence-electron chi connectivity index (χ1n) is 4.20. The molecule has 2 aliphatic heterocycles. The maximum absolute atomic E-state index is 11.1. The zero-order chi connectivity index (χ0) is 9.64. The number of carboxylic acid groups (broad SMARTS) is 1. The van der Waals surface area contributed by atoms with Gasteiger partial charge in [0.25, 0.3) is 0 Å². The largest absolute Gasteiger partial charge is 0.479 e. The molecule has 2 rings (SSSR count). The van der Waals surface area contributed by atoms with Gasteiger partial charge in [-0.1, -0.05) is 0 Å². The fourth-order valence-electron chi connectivity index (χ4n) is 2.05. The van der Waals surface area contributed by atoms with Gasteiger partial charge < -0.3 is 14.7 Å². The zero-order valence-electron chi connectivity index (χ0n) is 7.32. The smallest absolute Gasteiger partial charge is 0.337 e. The van der Waals surface area contributed by atoms with Crippen molar-refractivity contribution in [2.24, 2.45) is 0 Å². The molecule has 2 aliphatic rings. The van der Waals surface area contributed by atoms with Crippen LogP contribution in [0.5, 0.6) is 0 Å². The van der Waals surface area contributed by atoms with E-state index in [-0.39, 0.29) is 18.5 Å². The molecule has 0 aromatic carbocycles. The molecular weight excluding hydrogens is 174 g/mol. The number of aliphatic carboxylic acids is 1. The number of carbonyl (C=O) groups is 2. The summed E-state index contributed by atoms with van der Waals surface area (Å²) in [5, 5.41) is 8.93. The SMILES string of the molecule is CC(=O)N1C[C@]2(C(=O)O)C[C@H]1CO2. The molecule has 0 radical (unpaired) electrons. The Kier molecular flexibility index (Phi) is 1.60. The molecule has 0 unspecified atom stereocenters. The minimum absolute atomic E-state index is 0.0337. The van der Waals surface area contributed by atoms with Crippen molar-refractivity contribution >= 4 is 11.9 Å². The Morgan fingerprint density at radius 1 is 1.62 bits per heavy atom. The van der Waals surface area contributed by atoms with Crippen molar-refractivity contribution in [2.45, 2.75) is 25.0 Å². The van der Waals surface area contributed by atoms with Gasteiger partial charge in [0, 0.05) is 13.3 Å². The second-order valence-corrected chi connectivity index (χ2v) is 3.62. The van der Waals surface area contributed by atoms with Crippen molar-refractivity contribution in [3.63, 3.8) is 0 Å². The molecule has 5 nitrogen and oxygen atoms in total. The molecule has 72 valence electrons. The number of likely N-dealkylation sites (tertiary alicyclic amines) is 1. The van der Waals surface area contributed by atoms with Gasteiger partial charge in [-0.3, -0.25) is 4.79 Å². The first-order chi connectivity index (χ1) is 6.05. The minimum atomic E-state index is -1.11. The van der Waals surface area contributed by atoms with Crippen LogP contribution in [-0.4, -0.2) is 46.7 Å². The number of nitrogens with zero attached hydrogens (tertiary/aromatic N) is 1. The molecule has 13 heavy (non-hydrogen) atoms. The van der Waals surface area contributed by atoms with E-state index < -0.39 is 11.6 Å². The number of rotatable bonds is 1. The van der Waals surface area contributed by atoms with Crippen LogP contribution in [-0.2, 0) is 14.3 Å². The zero-order valence-corrected chi connectivity index (χ0v) is 7.32. The number of fused-ring (bicyclic) bond motifs is 2. The third-order valence-electron chi connectivity index (χ3n) is 2.78. The summed E-state index contributed by atoms with van der Waals surface area (Å²) < 4.78 is 5.19. The maximum Gasteiger partial charge on any atom is 0.337 e. The van der Waals surface area contributed by atoms with Gasteiger partial charge in [0.2, 0.25) is 5.91 Å². The molecule has 0 spiro atoms. The molecule has 2 atom stereocenters. The van der Waals surface area contributed by atoms with E-state index in [0.29, 0.717) is 13.0 Å². The fraction of sp³-hybridized carbons (Fsp3) is 0.750. The molecule has 0 saturated carbocycles. The van der Waals surface area contributed by atoms with Crippen molar-refractivity contribution in [2.75, 3.05) is 13.2 Å². The highest BCUT2D eigenvalue weighted by Crippen LogP contribution is 2.37. The van der Waals surface area contributed by atoms with Crippen LogP contribution in [0.4, 0.5) is 0 Å². The van der Waals surface area contributed by atoms with Gasteiger partial charge >= 0.3 is 5.97 Å². The second-order valence-electron chi connectivity index (χ2n) is 3.62. The highest BCUT2D eigenvalue weighted by atomic mass is 16.5. The number of hydrogen-bond acceptors (Lipinski definition) is 3. The van der Waals surface area contributed by atoms with Crippen molar-refractivity contribution in [1.29, 1.82) is 0 Å². The first-order valence-corrected chi connectivity index (χ1v) is 4.20. The Hall–Kier alpha value is -1.10. The first kappa shape index (κ1) is 8.50. The third-order valence-corrected chi connectivity index (χ3v) is 2.78. The maximum atomic E-state index is 11.1. The van der Waals surface area contributed by atoms with Crippen LogP contribution in [0.1, 0.15) is 13.3 Å². The summed E-state index contributed by atoms with van der Waals surface area (Å²) in [6.07, 6.45) is 0.432. The van der Waals surface area contributed by atoms with Crippen LogP contribution in [0, 0.1) is 0 Å². The van der Waals surface area contributed by atoms with Crippen molar-refractivity contribution in [3.8, 4) is 0 Å². The highest BCUT2D eigenvalue weighted by molar-refractivity contribution is 5.82. The molecule has 0 aliphatic carbocycles. The molecule has 1 amide bonds. The molecule has 0 aromatic heterocycles. The quantitative estimate of drug-likeness (QED) is 0.595. The average Bonchev–Trinajstić information content (AvgIpc) is 2.60. The average molecular weight is 185 g/mol.